The summed E-state index contributed by atoms with van der Waals surface area (Å²) in [7, 11) is 0. The van der Waals surface area contributed by atoms with E-state index in [0.717, 1.165) is 57.9 Å². The molecule has 5 N–H and O–H groups in total. The highest BCUT2D eigenvalue weighted by atomic mass is 16.3. The number of hydrogen-bond acceptors (Lipinski definition) is 6. The van der Waals surface area contributed by atoms with Crippen LogP contribution in [0.3, 0.4) is 0 Å². The van der Waals surface area contributed by atoms with E-state index >= 15 is 0 Å². The van der Waals surface area contributed by atoms with Crippen LogP contribution < -0.4 is 5.73 Å². The Morgan fingerprint density at radius 2 is 1.76 bits per heavy atom. The number of benzene rings is 1. The van der Waals surface area contributed by atoms with E-state index in [1.54, 1.807) is 11.0 Å². The predicted octanol–water partition coefficient (Wildman–Crippen LogP) is 1.23. The largest absolute Gasteiger partial charge is 0.393 e. The molecule has 1 aliphatic carbocycles. The first-order valence-electron chi connectivity index (χ1n) is 12.8. The van der Waals surface area contributed by atoms with Crippen molar-refractivity contribution in [3.05, 3.63) is 35.4 Å². The van der Waals surface area contributed by atoms with Crippen LogP contribution in [0, 0.1) is 5.92 Å². The molecular formula is C26H39N3O5. The molecule has 0 aromatic heterocycles. The van der Waals surface area contributed by atoms with Gasteiger partial charge in [0.05, 0.1) is 12.7 Å². The van der Waals surface area contributed by atoms with Crippen molar-refractivity contribution in [2.24, 2.45) is 11.7 Å². The van der Waals surface area contributed by atoms with Crippen molar-refractivity contribution < 1.29 is 24.9 Å². The molecule has 4 rings (SSSR count). The minimum atomic E-state index is -1.38. The number of aliphatic hydroxyl groups excluding tert-OH is 3. The predicted molar refractivity (Wildman–Crippen MR) is 128 cm³/mol. The van der Waals surface area contributed by atoms with Crippen LogP contribution in [-0.4, -0.2) is 87.5 Å². The molecule has 1 saturated carbocycles. The van der Waals surface area contributed by atoms with Gasteiger partial charge in [-0.3, -0.25) is 14.5 Å². The first kappa shape index (κ1) is 25.1. The van der Waals surface area contributed by atoms with Gasteiger partial charge in [-0.25, -0.2) is 0 Å². The van der Waals surface area contributed by atoms with Gasteiger partial charge in [-0.1, -0.05) is 12.1 Å². The molecule has 0 spiro atoms. The van der Waals surface area contributed by atoms with Gasteiger partial charge >= 0.3 is 0 Å². The Balaban J connectivity index is 1.38. The van der Waals surface area contributed by atoms with Crippen molar-refractivity contribution in [2.45, 2.75) is 81.6 Å². The maximum Gasteiger partial charge on any atom is 0.253 e. The minimum absolute atomic E-state index is 0.246. The normalized spacial score (nSPS) is 30.1. The maximum atomic E-state index is 12.8. The second kappa shape index (κ2) is 11.2. The molecule has 8 heteroatoms. The summed E-state index contributed by atoms with van der Waals surface area (Å²) in [5, 5.41) is 29.1. The summed E-state index contributed by atoms with van der Waals surface area (Å²) in [5.41, 5.74) is 7.20. The molecule has 0 unspecified atom stereocenters. The third-order valence-electron chi connectivity index (χ3n) is 8.22. The molecular weight excluding hydrogens is 434 g/mol. The fourth-order valence-corrected chi connectivity index (χ4v) is 6.31. The molecule has 0 radical (unpaired) electrons. The number of amides is 2. The number of fused-ring (bicyclic) bond motifs is 2. The molecule has 2 saturated heterocycles. The van der Waals surface area contributed by atoms with Crippen LogP contribution in [0.4, 0.5) is 0 Å². The van der Waals surface area contributed by atoms with E-state index in [2.05, 4.69) is 11.0 Å². The van der Waals surface area contributed by atoms with E-state index in [9.17, 15) is 24.9 Å². The third-order valence-corrected chi connectivity index (χ3v) is 8.22. The summed E-state index contributed by atoms with van der Waals surface area (Å²) >= 11 is 0. The summed E-state index contributed by atoms with van der Waals surface area (Å²) in [4.78, 5) is 28.6. The molecule has 4 atom stereocenters. The van der Waals surface area contributed by atoms with Crippen LogP contribution >= 0.6 is 0 Å². The lowest BCUT2D eigenvalue weighted by molar-refractivity contribution is -0.143. The minimum Gasteiger partial charge on any atom is -0.393 e. The number of aliphatic hydroxyl groups is 3. The summed E-state index contributed by atoms with van der Waals surface area (Å²) in [5.74, 6) is -0.0856. The average Bonchev–Trinajstić information content (AvgIpc) is 3.08. The van der Waals surface area contributed by atoms with E-state index in [1.807, 2.05) is 12.1 Å². The lowest BCUT2D eigenvalue weighted by Gasteiger charge is -2.41. The fourth-order valence-electron chi connectivity index (χ4n) is 6.31. The van der Waals surface area contributed by atoms with Gasteiger partial charge in [0, 0.05) is 37.3 Å². The highest BCUT2D eigenvalue weighted by Crippen LogP contribution is 2.43. The van der Waals surface area contributed by atoms with Gasteiger partial charge in [-0.05, 0) is 80.9 Å². The number of nitrogens with two attached hydrogens (primary N) is 1. The lowest BCUT2D eigenvalue weighted by Crippen LogP contribution is -2.50. The van der Waals surface area contributed by atoms with Crippen LogP contribution in [0.25, 0.3) is 0 Å². The van der Waals surface area contributed by atoms with E-state index in [-0.39, 0.29) is 6.10 Å². The molecule has 3 aliphatic rings. The number of nitrogens with zero attached hydrogens (tertiary/aromatic N) is 2. The average molecular weight is 474 g/mol. The zero-order valence-electron chi connectivity index (χ0n) is 19.9. The lowest BCUT2D eigenvalue weighted by atomic mass is 9.84. The smallest absolute Gasteiger partial charge is 0.253 e. The molecule has 2 amide bonds. The molecule has 2 bridgehead atoms. The first-order chi connectivity index (χ1) is 16.4. The Morgan fingerprint density at radius 1 is 1.09 bits per heavy atom. The molecule has 34 heavy (non-hydrogen) atoms. The Bertz CT molecular complexity index is 843. The molecule has 3 fully saturated rings. The number of piperidine rings is 1. The second-order valence-corrected chi connectivity index (χ2v) is 10.4. The SMILES string of the molecule is NC(=O)c1cccc([C@H]2C[C@H]3CC[C@@H](C2)N3CCN(CC2CCC(O)CC2)C(=O)[C@@H](O)CO)c1. The van der Waals surface area contributed by atoms with Gasteiger partial charge in [0.2, 0.25) is 5.91 Å². The van der Waals surface area contributed by atoms with Gasteiger partial charge in [0.15, 0.2) is 6.10 Å². The van der Waals surface area contributed by atoms with Gasteiger partial charge in [-0.15, -0.1) is 0 Å². The van der Waals surface area contributed by atoms with Gasteiger partial charge < -0.3 is 26.0 Å². The number of carbonyl (C=O) groups excluding carboxylic acids is 2. The Labute approximate surface area is 201 Å². The van der Waals surface area contributed by atoms with Gasteiger partial charge in [0.25, 0.3) is 5.91 Å². The van der Waals surface area contributed by atoms with Crippen molar-refractivity contribution >= 4 is 11.8 Å². The zero-order valence-corrected chi connectivity index (χ0v) is 19.9. The first-order valence-corrected chi connectivity index (χ1v) is 12.8. The van der Waals surface area contributed by atoms with Crippen molar-refractivity contribution in [3.8, 4) is 0 Å². The molecule has 1 aromatic rings. The molecule has 8 nitrogen and oxygen atoms in total. The number of hydrogen-bond donors (Lipinski definition) is 4. The highest BCUT2D eigenvalue weighted by Gasteiger charge is 2.41. The fraction of sp³-hybridized carbons (Fsp3) is 0.692. The van der Waals surface area contributed by atoms with Crippen LogP contribution in [0.15, 0.2) is 24.3 Å². The number of rotatable bonds is 9. The molecule has 2 heterocycles. The summed E-state index contributed by atoms with van der Waals surface area (Å²) in [6.07, 6.45) is 5.93. The second-order valence-electron chi connectivity index (χ2n) is 10.4. The zero-order chi connectivity index (χ0) is 24.2. The van der Waals surface area contributed by atoms with E-state index < -0.39 is 24.5 Å². The standard InChI is InChI=1S/C26H39N3O5/c27-25(33)19-3-1-2-18(12-19)20-13-21-6-7-22(14-20)29(21)11-10-28(26(34)24(32)16-30)15-17-4-8-23(31)9-5-17/h1-3,12,17,20-24,30-32H,4-11,13-16H2,(H2,27,33)/t17?,20-,21+,22-,23?,24-/m0/s1. The number of carbonyl (C=O) groups is 2. The van der Waals surface area contributed by atoms with Crippen molar-refractivity contribution in [1.82, 2.24) is 9.80 Å². The van der Waals surface area contributed by atoms with Crippen molar-refractivity contribution in [3.63, 3.8) is 0 Å². The van der Waals surface area contributed by atoms with E-state index in [0.29, 0.717) is 42.6 Å². The summed E-state index contributed by atoms with van der Waals surface area (Å²) < 4.78 is 0. The highest BCUT2D eigenvalue weighted by molar-refractivity contribution is 5.92. The van der Waals surface area contributed by atoms with Crippen LogP contribution in [0.5, 0.6) is 0 Å². The van der Waals surface area contributed by atoms with Crippen molar-refractivity contribution in [2.75, 3.05) is 26.2 Å². The molecule has 1 aromatic carbocycles. The Morgan fingerprint density at radius 3 is 2.38 bits per heavy atom. The molecule has 188 valence electrons. The van der Waals surface area contributed by atoms with Gasteiger partial charge in [-0.2, -0.15) is 0 Å². The van der Waals surface area contributed by atoms with Crippen molar-refractivity contribution in [1.29, 1.82) is 0 Å². The summed E-state index contributed by atoms with van der Waals surface area (Å²) in [6.45, 7) is 1.28. The Hall–Kier alpha value is -2.00. The quantitative estimate of drug-likeness (QED) is 0.427. The molecule has 2 aliphatic heterocycles. The monoisotopic (exact) mass is 473 g/mol. The van der Waals surface area contributed by atoms with Gasteiger partial charge in [0.1, 0.15) is 0 Å². The third kappa shape index (κ3) is 5.79. The van der Waals surface area contributed by atoms with Crippen LogP contribution in [0.2, 0.25) is 0 Å². The summed E-state index contributed by atoms with van der Waals surface area (Å²) in [6, 6.07) is 8.55. The Kier molecular flexibility index (Phi) is 8.24. The van der Waals surface area contributed by atoms with E-state index in [4.69, 9.17) is 5.73 Å². The topological polar surface area (TPSA) is 127 Å². The van der Waals surface area contributed by atoms with Crippen LogP contribution in [-0.2, 0) is 4.79 Å². The maximum absolute atomic E-state index is 12.8. The van der Waals surface area contributed by atoms with Crippen LogP contribution in [0.1, 0.15) is 73.2 Å². The van der Waals surface area contributed by atoms with E-state index in [1.165, 1.54) is 5.56 Å². The number of primary amides is 1.